The van der Waals surface area contributed by atoms with Gasteiger partial charge in [0.2, 0.25) is 0 Å². The Morgan fingerprint density at radius 3 is 2.52 bits per heavy atom. The molecule has 0 radical (unpaired) electrons. The maximum Gasteiger partial charge on any atom is 0.195 e. The number of pyridine rings is 1. The van der Waals surface area contributed by atoms with Gasteiger partial charge in [0.05, 0.1) is 0 Å². The van der Waals surface area contributed by atoms with E-state index in [0.29, 0.717) is 16.8 Å². The topological polar surface area (TPSA) is 56.0 Å². The average Bonchev–Trinajstić information content (AvgIpc) is 3.55. The van der Waals surface area contributed by atoms with Crippen LogP contribution in [0.5, 0.6) is 0 Å². The van der Waals surface area contributed by atoms with E-state index in [4.69, 9.17) is 10.7 Å². The van der Waals surface area contributed by atoms with Gasteiger partial charge in [-0.3, -0.25) is 4.79 Å². The smallest absolute Gasteiger partial charge is 0.195 e. The van der Waals surface area contributed by atoms with Crippen LogP contribution in [-0.4, -0.2) is 10.8 Å². The van der Waals surface area contributed by atoms with Crippen LogP contribution in [0.25, 0.3) is 42.6 Å². The van der Waals surface area contributed by atoms with Crippen LogP contribution in [0.4, 0.5) is 5.69 Å². The summed E-state index contributed by atoms with van der Waals surface area (Å²) in [5, 5.41) is 7.34. The number of nitrogens with two attached hydrogens (primary N) is 1. The largest absolute Gasteiger partial charge is 0.398 e. The van der Waals surface area contributed by atoms with E-state index in [1.54, 1.807) is 22.7 Å². The maximum absolute atomic E-state index is 13.0. The fraction of sp³-hybridized carbons (Fsp3) is 0. The molecule has 6 rings (SSSR count). The van der Waals surface area contributed by atoms with Crippen molar-refractivity contribution in [2.24, 2.45) is 0 Å². The Bertz CT molecular complexity index is 1630. The van der Waals surface area contributed by atoms with Crippen molar-refractivity contribution in [3.05, 3.63) is 107 Å². The monoisotopic (exact) mass is 462 g/mol. The molecule has 0 aliphatic heterocycles. The van der Waals surface area contributed by atoms with Gasteiger partial charge in [0, 0.05) is 44.4 Å². The van der Waals surface area contributed by atoms with Crippen molar-refractivity contribution < 1.29 is 4.79 Å². The van der Waals surface area contributed by atoms with E-state index in [0.717, 1.165) is 26.7 Å². The molecule has 33 heavy (non-hydrogen) atoms. The molecule has 0 saturated heterocycles. The van der Waals surface area contributed by atoms with E-state index in [9.17, 15) is 4.79 Å². The molecule has 3 heterocycles. The first-order valence-electron chi connectivity index (χ1n) is 10.5. The van der Waals surface area contributed by atoms with Gasteiger partial charge >= 0.3 is 0 Å². The first kappa shape index (κ1) is 19.9. The molecule has 0 saturated carbocycles. The van der Waals surface area contributed by atoms with Crippen molar-refractivity contribution in [2.75, 3.05) is 5.73 Å². The lowest BCUT2D eigenvalue weighted by Gasteiger charge is -2.12. The number of anilines is 1. The van der Waals surface area contributed by atoms with E-state index in [2.05, 4.69) is 47.2 Å². The summed E-state index contributed by atoms with van der Waals surface area (Å²) in [7, 11) is 0. The Morgan fingerprint density at radius 1 is 0.818 bits per heavy atom. The van der Waals surface area contributed by atoms with E-state index in [1.807, 2.05) is 48.7 Å². The summed E-state index contributed by atoms with van der Waals surface area (Å²) < 4.78 is 0. The van der Waals surface area contributed by atoms with Crippen molar-refractivity contribution in [2.45, 2.75) is 0 Å². The number of benzene rings is 3. The number of rotatable bonds is 4. The van der Waals surface area contributed by atoms with E-state index < -0.39 is 0 Å². The summed E-state index contributed by atoms with van der Waals surface area (Å²) in [5.74, 6) is -0.0637. The van der Waals surface area contributed by atoms with Crippen LogP contribution in [0.3, 0.4) is 0 Å². The zero-order valence-corrected chi connectivity index (χ0v) is 19.1. The summed E-state index contributed by atoms with van der Waals surface area (Å²) >= 11 is 3.39. The second-order valence-electron chi connectivity index (χ2n) is 7.86. The maximum atomic E-state index is 13.0. The molecule has 0 spiro atoms. The number of carbonyl (C=O) groups excluding carboxylic acids is 1. The Labute approximate surface area is 198 Å². The number of aromatic nitrogens is 1. The lowest BCUT2D eigenvalue weighted by atomic mass is 9.94. The summed E-state index contributed by atoms with van der Waals surface area (Å²) in [4.78, 5) is 20.0. The van der Waals surface area contributed by atoms with Crippen molar-refractivity contribution in [1.82, 2.24) is 4.98 Å². The second kappa shape index (κ2) is 7.96. The van der Waals surface area contributed by atoms with Crippen LogP contribution in [-0.2, 0) is 0 Å². The van der Waals surface area contributed by atoms with Gasteiger partial charge in [-0.1, -0.05) is 48.5 Å². The van der Waals surface area contributed by atoms with Gasteiger partial charge < -0.3 is 5.73 Å². The zero-order valence-electron chi connectivity index (χ0n) is 17.5. The van der Waals surface area contributed by atoms with Crippen LogP contribution >= 0.6 is 22.7 Å². The summed E-state index contributed by atoms with van der Waals surface area (Å²) in [5.41, 5.74) is 11.4. The Balaban J connectivity index is 1.50. The number of ketones is 1. The molecule has 3 nitrogen and oxygen atoms in total. The molecule has 5 heteroatoms. The van der Waals surface area contributed by atoms with Gasteiger partial charge in [-0.05, 0) is 57.4 Å². The van der Waals surface area contributed by atoms with Crippen molar-refractivity contribution in [3.8, 4) is 21.6 Å². The third kappa shape index (κ3) is 3.42. The highest BCUT2D eigenvalue weighted by Crippen LogP contribution is 2.41. The van der Waals surface area contributed by atoms with E-state index in [-0.39, 0.29) is 5.78 Å². The molecule has 0 fully saturated rings. The summed E-state index contributed by atoms with van der Waals surface area (Å²) in [6, 6.07) is 25.7. The minimum Gasteiger partial charge on any atom is -0.398 e. The van der Waals surface area contributed by atoms with E-state index in [1.165, 1.54) is 15.8 Å². The first-order valence-corrected chi connectivity index (χ1v) is 12.3. The molecule has 0 atom stereocenters. The number of fused-ring (bicyclic) bond motifs is 2. The first-order chi connectivity index (χ1) is 16.2. The number of carbonyl (C=O) groups is 1. The summed E-state index contributed by atoms with van der Waals surface area (Å²) in [6.45, 7) is 0. The van der Waals surface area contributed by atoms with Crippen molar-refractivity contribution in [1.29, 1.82) is 0 Å². The van der Waals surface area contributed by atoms with Crippen LogP contribution in [0.15, 0.2) is 95.8 Å². The SMILES string of the molecule is Nc1cc2cc(-c3cnc4sccc4c3-c3cccs3)ccc2cc1C(=O)c1ccccc1. The standard InChI is InChI=1S/C28H18N2OS2/c29-24-15-20-13-19(9-8-18(20)14-22(24)27(31)17-5-2-1-3-6-17)23-16-30-28-21(10-12-33-28)26(23)25-7-4-11-32-25/h1-16H,29H2. The third-order valence-electron chi connectivity index (χ3n) is 5.86. The molecular weight excluding hydrogens is 444 g/mol. The molecule has 0 aliphatic rings. The molecule has 3 aromatic carbocycles. The fourth-order valence-corrected chi connectivity index (χ4v) is 5.80. The number of hydrogen-bond acceptors (Lipinski definition) is 5. The third-order valence-corrected chi connectivity index (χ3v) is 7.57. The van der Waals surface area contributed by atoms with Crippen LogP contribution in [0.2, 0.25) is 0 Å². The fourth-order valence-electron chi connectivity index (χ4n) is 4.25. The number of hydrogen-bond donors (Lipinski definition) is 1. The molecule has 0 aliphatic carbocycles. The highest BCUT2D eigenvalue weighted by molar-refractivity contribution is 7.17. The summed E-state index contributed by atoms with van der Waals surface area (Å²) in [6.07, 6.45) is 1.96. The van der Waals surface area contributed by atoms with Gasteiger partial charge in [-0.2, -0.15) is 0 Å². The molecule has 158 valence electrons. The highest BCUT2D eigenvalue weighted by atomic mass is 32.1. The lowest BCUT2D eigenvalue weighted by Crippen LogP contribution is -2.05. The number of nitrogen functional groups attached to an aromatic ring is 1. The molecule has 3 aromatic heterocycles. The zero-order chi connectivity index (χ0) is 22.4. The average molecular weight is 463 g/mol. The minimum atomic E-state index is -0.0637. The van der Waals surface area contributed by atoms with Crippen LogP contribution < -0.4 is 5.73 Å². The Kier molecular flexibility index (Phi) is 4.79. The normalized spacial score (nSPS) is 11.3. The molecule has 0 bridgehead atoms. The number of thiophene rings is 2. The molecule has 6 aromatic rings. The minimum absolute atomic E-state index is 0.0637. The van der Waals surface area contributed by atoms with Gasteiger partial charge in [-0.25, -0.2) is 4.98 Å². The molecular formula is C28H18N2OS2. The van der Waals surface area contributed by atoms with Crippen molar-refractivity contribution in [3.63, 3.8) is 0 Å². The van der Waals surface area contributed by atoms with Crippen molar-refractivity contribution >= 4 is 55.1 Å². The van der Waals surface area contributed by atoms with E-state index >= 15 is 0 Å². The lowest BCUT2D eigenvalue weighted by molar-refractivity contribution is 0.103. The Morgan fingerprint density at radius 2 is 1.70 bits per heavy atom. The highest BCUT2D eigenvalue weighted by Gasteiger charge is 2.17. The van der Waals surface area contributed by atoms with Gasteiger partial charge in [-0.15, -0.1) is 22.7 Å². The van der Waals surface area contributed by atoms with Gasteiger partial charge in [0.1, 0.15) is 4.83 Å². The number of nitrogens with zero attached hydrogens (tertiary/aromatic N) is 1. The second-order valence-corrected chi connectivity index (χ2v) is 9.70. The van der Waals surface area contributed by atoms with Crippen LogP contribution in [0, 0.1) is 0 Å². The quantitative estimate of drug-likeness (QED) is 0.216. The predicted octanol–water partition coefficient (Wildman–Crippen LogP) is 7.66. The molecule has 0 amide bonds. The van der Waals surface area contributed by atoms with Gasteiger partial charge in [0.15, 0.2) is 5.78 Å². The Hall–Kier alpha value is -3.80. The predicted molar refractivity (Wildman–Crippen MR) is 140 cm³/mol. The van der Waals surface area contributed by atoms with Crippen LogP contribution in [0.1, 0.15) is 15.9 Å². The van der Waals surface area contributed by atoms with Gasteiger partial charge in [0.25, 0.3) is 0 Å². The molecule has 2 N–H and O–H groups in total. The molecule has 0 unspecified atom stereocenters.